The highest BCUT2D eigenvalue weighted by atomic mass is 31.2. The first-order chi connectivity index (χ1) is 19.7. The molecule has 0 radical (unpaired) electrons. The molecule has 1 aromatic carbocycles. The van der Waals surface area contributed by atoms with E-state index in [0.29, 0.717) is 0 Å². The van der Waals surface area contributed by atoms with Crippen molar-refractivity contribution < 1.29 is 41.8 Å². The minimum absolute atomic E-state index is 0.216. The molecule has 2 aromatic rings. The lowest BCUT2D eigenvalue weighted by Crippen LogP contribution is -2.46. The number of benzene rings is 1. The number of carbonyl (C=O) groups excluding carboxylic acids is 2. The largest absolute Gasteiger partial charge is 0.462 e. The number of aromatic nitrogens is 2. The number of ether oxygens (including phenoxy) is 3. The molecule has 0 spiro atoms. The lowest BCUT2D eigenvalue weighted by atomic mass is 9.98. The summed E-state index contributed by atoms with van der Waals surface area (Å²) < 4.78 is 58.7. The van der Waals surface area contributed by atoms with Crippen LogP contribution < -0.4 is 20.9 Å². The van der Waals surface area contributed by atoms with Gasteiger partial charge in [0.1, 0.15) is 17.9 Å². The van der Waals surface area contributed by atoms with Crippen LogP contribution in [0.4, 0.5) is 4.39 Å². The van der Waals surface area contributed by atoms with Crippen molar-refractivity contribution in [3.63, 3.8) is 0 Å². The summed E-state index contributed by atoms with van der Waals surface area (Å²) in [7, 11) is -4.39. The standard InChI is InChI=1S/C27H35FN3O10P/c1-15(2)38-24(34)16(3)30-42(36,41-20-10-9-18-7-6-8-19(18)13-20)37-14-21-23(39-17(4)32)27(5,28)25(40-21)31-12-11-22(33)29-26(31)35/h9-13,15-16,21,23,25H,6-8,14H2,1-5H3,(H,30,36)(H,29,33,35)/t16-,21+,23+,25+,27+,42-/m0/s1. The Balaban J connectivity index is 1.61. The number of carbonyl (C=O) groups is 2. The first-order valence-electron chi connectivity index (χ1n) is 13.6. The highest BCUT2D eigenvalue weighted by molar-refractivity contribution is 7.52. The van der Waals surface area contributed by atoms with Crippen molar-refractivity contribution in [2.45, 2.75) is 90.1 Å². The second kappa shape index (κ2) is 12.5. The summed E-state index contributed by atoms with van der Waals surface area (Å²) >= 11 is 0. The number of halogens is 1. The van der Waals surface area contributed by atoms with Crippen molar-refractivity contribution >= 4 is 19.7 Å². The van der Waals surface area contributed by atoms with E-state index in [2.05, 4.69) is 5.09 Å². The SMILES string of the molecule is CC(=O)O[C@@H]1[C@@H](CO[P@@](=O)(N[C@@H](C)C(=O)OC(C)C)Oc2ccc3c(c2)CCC3)O[C@@H](n2ccc(=O)[nH]c2=O)[C@]1(C)F. The van der Waals surface area contributed by atoms with Crippen LogP contribution in [-0.4, -0.2) is 58.1 Å². The van der Waals surface area contributed by atoms with Gasteiger partial charge in [-0.25, -0.2) is 13.8 Å². The van der Waals surface area contributed by atoms with Gasteiger partial charge in [-0.1, -0.05) is 6.07 Å². The number of esters is 2. The Morgan fingerprint density at radius 3 is 2.60 bits per heavy atom. The Hall–Kier alpha value is -3.32. The van der Waals surface area contributed by atoms with Crippen LogP contribution in [0, 0.1) is 0 Å². The van der Waals surface area contributed by atoms with E-state index >= 15 is 4.39 Å². The maximum atomic E-state index is 16.2. The van der Waals surface area contributed by atoms with Crippen molar-refractivity contribution in [2.75, 3.05) is 6.61 Å². The summed E-state index contributed by atoms with van der Waals surface area (Å²) in [5, 5.41) is 2.56. The molecule has 0 unspecified atom stereocenters. The second-order valence-corrected chi connectivity index (χ2v) is 12.4. The maximum Gasteiger partial charge on any atom is 0.459 e. The van der Waals surface area contributed by atoms with E-state index in [1.807, 2.05) is 11.1 Å². The van der Waals surface area contributed by atoms with Gasteiger partial charge in [0.15, 0.2) is 18.0 Å². The summed E-state index contributed by atoms with van der Waals surface area (Å²) in [6.45, 7) is 6.22. The van der Waals surface area contributed by atoms with Crippen LogP contribution in [0.15, 0.2) is 40.1 Å². The van der Waals surface area contributed by atoms with Gasteiger partial charge in [0, 0.05) is 19.2 Å². The fourth-order valence-electron chi connectivity index (χ4n) is 4.95. The number of aromatic amines is 1. The Kier molecular flexibility index (Phi) is 9.41. The first kappa shape index (κ1) is 31.6. The van der Waals surface area contributed by atoms with E-state index in [9.17, 15) is 23.7 Å². The molecule has 230 valence electrons. The molecular formula is C27H35FN3O10P. The number of aryl methyl sites for hydroxylation is 2. The van der Waals surface area contributed by atoms with Crippen LogP contribution in [0.1, 0.15) is 58.4 Å². The highest BCUT2D eigenvalue weighted by Gasteiger charge is 2.58. The molecule has 0 bridgehead atoms. The molecule has 2 heterocycles. The molecule has 4 rings (SSSR count). The summed E-state index contributed by atoms with van der Waals surface area (Å²) in [4.78, 5) is 50.4. The van der Waals surface area contributed by atoms with E-state index in [1.54, 1.807) is 26.0 Å². The minimum Gasteiger partial charge on any atom is -0.462 e. The zero-order valence-electron chi connectivity index (χ0n) is 24.0. The topological polar surface area (TPSA) is 164 Å². The van der Waals surface area contributed by atoms with Crippen molar-refractivity contribution in [3.8, 4) is 5.75 Å². The smallest absolute Gasteiger partial charge is 0.459 e. The van der Waals surface area contributed by atoms with Gasteiger partial charge in [0.05, 0.1) is 12.7 Å². The quantitative estimate of drug-likeness (QED) is 0.284. The molecule has 1 aliphatic heterocycles. The summed E-state index contributed by atoms with van der Waals surface area (Å²) in [6.07, 6.45) is -1.33. The van der Waals surface area contributed by atoms with E-state index < -0.39 is 73.8 Å². The molecule has 0 amide bonds. The third-order valence-corrected chi connectivity index (χ3v) is 8.48. The molecule has 1 aliphatic carbocycles. The van der Waals surface area contributed by atoms with E-state index in [4.69, 9.17) is 23.3 Å². The monoisotopic (exact) mass is 611 g/mol. The molecule has 13 nitrogen and oxygen atoms in total. The zero-order valence-corrected chi connectivity index (χ0v) is 24.9. The number of H-pyrrole nitrogens is 1. The summed E-state index contributed by atoms with van der Waals surface area (Å²) in [5.41, 5.74) is -1.97. The van der Waals surface area contributed by atoms with Gasteiger partial charge in [-0.05, 0) is 70.2 Å². The Morgan fingerprint density at radius 2 is 1.93 bits per heavy atom. The maximum absolute atomic E-state index is 16.2. The van der Waals surface area contributed by atoms with Gasteiger partial charge in [0.2, 0.25) is 0 Å². The molecule has 1 fully saturated rings. The lowest BCUT2D eigenvalue weighted by Gasteiger charge is -2.28. The number of hydrogen-bond donors (Lipinski definition) is 2. The van der Waals surface area contributed by atoms with Crippen LogP contribution in [-0.2, 0) is 45.7 Å². The number of hydrogen-bond acceptors (Lipinski definition) is 10. The average molecular weight is 612 g/mol. The number of nitrogens with zero attached hydrogens (tertiary/aromatic N) is 1. The van der Waals surface area contributed by atoms with Gasteiger partial charge in [-0.15, -0.1) is 0 Å². The second-order valence-electron chi connectivity index (χ2n) is 10.7. The Morgan fingerprint density at radius 1 is 1.21 bits per heavy atom. The molecule has 1 saturated heterocycles. The number of alkyl halides is 1. The fourth-order valence-corrected chi connectivity index (χ4v) is 6.44. The normalized spacial score (nSPS) is 25.5. The molecule has 1 aromatic heterocycles. The van der Waals surface area contributed by atoms with Gasteiger partial charge in [-0.2, -0.15) is 5.09 Å². The predicted octanol–water partition coefficient (Wildman–Crippen LogP) is 2.72. The van der Waals surface area contributed by atoms with Crippen LogP contribution in [0.2, 0.25) is 0 Å². The predicted molar refractivity (Wildman–Crippen MR) is 147 cm³/mol. The van der Waals surface area contributed by atoms with Crippen molar-refractivity contribution in [3.05, 3.63) is 62.4 Å². The molecule has 0 saturated carbocycles. The van der Waals surface area contributed by atoms with Crippen LogP contribution in [0.5, 0.6) is 5.75 Å². The van der Waals surface area contributed by atoms with Crippen LogP contribution >= 0.6 is 7.75 Å². The van der Waals surface area contributed by atoms with Gasteiger partial charge in [-0.3, -0.25) is 28.5 Å². The third kappa shape index (κ3) is 7.17. The molecule has 15 heteroatoms. The van der Waals surface area contributed by atoms with Crippen LogP contribution in [0.25, 0.3) is 0 Å². The van der Waals surface area contributed by atoms with Gasteiger partial charge in [0.25, 0.3) is 5.56 Å². The molecule has 42 heavy (non-hydrogen) atoms. The van der Waals surface area contributed by atoms with Crippen molar-refractivity contribution in [2.24, 2.45) is 0 Å². The average Bonchev–Trinajstić information content (AvgIpc) is 3.44. The fraction of sp³-hybridized carbons (Fsp3) is 0.556. The van der Waals surface area contributed by atoms with Crippen LogP contribution in [0.3, 0.4) is 0 Å². The summed E-state index contributed by atoms with van der Waals surface area (Å²) in [6, 6.07) is 5.09. The minimum atomic E-state index is -4.39. The number of nitrogens with one attached hydrogen (secondary N) is 2. The molecule has 2 N–H and O–H groups in total. The van der Waals surface area contributed by atoms with Gasteiger partial charge < -0.3 is 18.7 Å². The van der Waals surface area contributed by atoms with Crippen molar-refractivity contribution in [1.29, 1.82) is 0 Å². The zero-order chi connectivity index (χ0) is 30.8. The van der Waals surface area contributed by atoms with E-state index in [0.717, 1.165) is 61.1 Å². The van der Waals surface area contributed by atoms with E-state index in [-0.39, 0.29) is 5.75 Å². The van der Waals surface area contributed by atoms with E-state index in [1.165, 1.54) is 6.92 Å². The summed E-state index contributed by atoms with van der Waals surface area (Å²) in [5.74, 6) is -1.34. The number of rotatable bonds is 11. The Labute approximate surface area is 241 Å². The van der Waals surface area contributed by atoms with Gasteiger partial charge >= 0.3 is 25.4 Å². The highest BCUT2D eigenvalue weighted by Crippen LogP contribution is 2.48. The van der Waals surface area contributed by atoms with Crippen molar-refractivity contribution in [1.82, 2.24) is 14.6 Å². The molecular weight excluding hydrogens is 576 g/mol. The lowest BCUT2D eigenvalue weighted by molar-refractivity contribution is -0.155. The molecule has 6 atom stereocenters. The Bertz CT molecular complexity index is 1490. The third-order valence-electron chi connectivity index (χ3n) is 6.84. The molecule has 2 aliphatic rings. The number of fused-ring (bicyclic) bond motifs is 1. The first-order valence-corrected chi connectivity index (χ1v) is 15.1.